The van der Waals surface area contributed by atoms with Crippen LogP contribution in [0.4, 0.5) is 10.5 Å². The summed E-state index contributed by atoms with van der Waals surface area (Å²) >= 11 is 0. The molecule has 0 heterocycles. The number of primary amides is 1. The summed E-state index contributed by atoms with van der Waals surface area (Å²) < 4.78 is 5.29. The number of carbonyl (C=O) groups excluding carboxylic acids is 6. The Bertz CT molecular complexity index is 1830. The molecular weight excluding hydrogens is 622 g/mol. The van der Waals surface area contributed by atoms with Crippen LogP contribution in [0, 0.1) is 35.5 Å². The molecular formula is C33H37N7O8. The van der Waals surface area contributed by atoms with Gasteiger partial charge in [-0.15, -0.1) is 0 Å². The number of hydrogen-bond donors (Lipinski definition) is 5. The van der Waals surface area contributed by atoms with Crippen LogP contribution in [0.1, 0.15) is 33.5 Å². The van der Waals surface area contributed by atoms with E-state index in [9.17, 15) is 39.1 Å². The highest BCUT2D eigenvalue weighted by Gasteiger charge is 2.78. The van der Waals surface area contributed by atoms with Crippen molar-refractivity contribution >= 4 is 40.8 Å². The molecule has 15 nitrogen and oxygen atoms in total. The first-order chi connectivity index (χ1) is 22.4. The predicted octanol–water partition coefficient (Wildman–Crippen LogP) is -0.528. The number of Topliss-reactive ketones (excluding diaryl/α,β-unsaturated/α-hetero) is 4. The maximum Gasteiger partial charge on any atom is 0.412 e. The van der Waals surface area contributed by atoms with Crippen molar-refractivity contribution in [2.24, 2.45) is 34.5 Å². The number of carbonyl (C=O) groups is 6. The third-order valence-electron chi connectivity index (χ3n) is 9.78. The third-order valence-corrected chi connectivity index (χ3v) is 9.78. The lowest BCUT2D eigenvalue weighted by molar-refractivity contribution is -0.166. The van der Waals surface area contributed by atoms with Crippen LogP contribution < -0.4 is 32.2 Å². The van der Waals surface area contributed by atoms with E-state index in [1.54, 1.807) is 55.4 Å². The summed E-state index contributed by atoms with van der Waals surface area (Å²) in [4.78, 5) is 84.4. The number of hydrogen-bond acceptors (Lipinski definition) is 13. The van der Waals surface area contributed by atoms with E-state index in [2.05, 4.69) is 5.32 Å². The molecule has 0 saturated heterocycles. The molecule has 3 aliphatic rings. The van der Waals surface area contributed by atoms with E-state index in [0.29, 0.717) is 5.69 Å². The number of nitrogens with one attached hydrogen (secondary N) is 1. The normalized spacial score (nSPS) is 29.4. The van der Waals surface area contributed by atoms with Gasteiger partial charge in [0, 0.05) is 37.4 Å². The first-order valence-corrected chi connectivity index (χ1v) is 15.0. The van der Waals surface area contributed by atoms with Gasteiger partial charge in [0.15, 0.2) is 34.5 Å². The van der Waals surface area contributed by atoms with Crippen LogP contribution >= 0.6 is 0 Å². The molecule has 0 aromatic heterocycles. The molecule has 48 heavy (non-hydrogen) atoms. The van der Waals surface area contributed by atoms with Gasteiger partial charge in [0.1, 0.15) is 17.4 Å². The van der Waals surface area contributed by atoms with E-state index >= 15 is 0 Å². The second-order valence-electron chi connectivity index (χ2n) is 13.3. The number of anilines is 1. The van der Waals surface area contributed by atoms with Crippen LogP contribution in [-0.2, 0) is 32.1 Å². The minimum Gasteiger partial charge on any atom is -0.507 e. The van der Waals surface area contributed by atoms with E-state index in [4.69, 9.17) is 21.9 Å². The maximum absolute atomic E-state index is 14.6. The molecule has 252 valence electrons. The van der Waals surface area contributed by atoms with Crippen LogP contribution in [0.5, 0.6) is 11.5 Å². The smallest absolute Gasteiger partial charge is 0.412 e. The Morgan fingerprint density at radius 2 is 1.71 bits per heavy atom. The quantitative estimate of drug-likeness (QED) is 0.245. The van der Waals surface area contributed by atoms with Gasteiger partial charge in [-0.1, -0.05) is 17.7 Å². The summed E-state index contributed by atoms with van der Waals surface area (Å²) in [5, 5.41) is 24.6. The Balaban J connectivity index is 1.61. The number of aromatic hydroxyl groups is 1. The van der Waals surface area contributed by atoms with E-state index < -0.39 is 81.7 Å². The Kier molecular flexibility index (Phi) is 8.20. The van der Waals surface area contributed by atoms with Gasteiger partial charge in [0.2, 0.25) is 5.91 Å². The lowest BCUT2D eigenvalue weighted by atomic mass is 9.42. The van der Waals surface area contributed by atoms with Crippen LogP contribution in [-0.4, -0.2) is 90.5 Å². The van der Waals surface area contributed by atoms with Crippen LogP contribution in [0.2, 0.25) is 0 Å². The molecule has 0 spiro atoms. The lowest BCUT2D eigenvalue weighted by Crippen LogP contribution is -2.85. The van der Waals surface area contributed by atoms with Crippen molar-refractivity contribution in [1.82, 2.24) is 10.2 Å². The number of phenols is 1. The minimum atomic E-state index is -2.85. The summed E-state index contributed by atoms with van der Waals surface area (Å²) in [5.41, 5.74) is 13.7. The van der Waals surface area contributed by atoms with Crippen LogP contribution in [0.3, 0.4) is 0 Å². The average molecular weight is 660 g/mol. The molecule has 0 bridgehead atoms. The van der Waals surface area contributed by atoms with Crippen molar-refractivity contribution in [3.8, 4) is 17.6 Å². The fourth-order valence-electron chi connectivity index (χ4n) is 7.76. The molecule has 6 atom stereocenters. The van der Waals surface area contributed by atoms with Crippen molar-refractivity contribution in [1.29, 1.82) is 5.26 Å². The second-order valence-corrected chi connectivity index (χ2v) is 13.3. The largest absolute Gasteiger partial charge is 0.507 e. The van der Waals surface area contributed by atoms with Crippen molar-refractivity contribution in [3.63, 3.8) is 0 Å². The summed E-state index contributed by atoms with van der Waals surface area (Å²) in [5.74, 6) is -10.3. The Labute approximate surface area is 275 Å². The number of amides is 2. The molecule has 0 radical (unpaired) electrons. The lowest BCUT2D eigenvalue weighted by Gasteiger charge is -2.60. The van der Waals surface area contributed by atoms with Crippen LogP contribution in [0.25, 0.3) is 0 Å². The van der Waals surface area contributed by atoms with Crippen molar-refractivity contribution in [2.75, 3.05) is 33.1 Å². The Morgan fingerprint density at radius 1 is 1.08 bits per heavy atom. The average Bonchev–Trinajstić information content (AvgIpc) is 2.96. The number of likely N-dealkylation sites (N-methyl/N-ethyl adjacent to an activating group) is 1. The number of nitrogens with zero attached hydrogens (tertiary/aromatic N) is 3. The van der Waals surface area contributed by atoms with E-state index in [1.165, 1.54) is 19.0 Å². The molecule has 0 aliphatic heterocycles. The summed E-state index contributed by atoms with van der Waals surface area (Å²) in [6.45, 7) is 1.59. The maximum atomic E-state index is 14.6. The first kappa shape index (κ1) is 34.2. The zero-order chi connectivity index (χ0) is 35.7. The molecule has 2 amide bonds. The van der Waals surface area contributed by atoms with Gasteiger partial charge < -0.3 is 37.3 Å². The van der Waals surface area contributed by atoms with Gasteiger partial charge in [-0.05, 0) is 57.6 Å². The number of ketones is 4. The predicted molar refractivity (Wildman–Crippen MR) is 170 cm³/mol. The highest BCUT2D eigenvalue weighted by atomic mass is 16.6. The van der Waals surface area contributed by atoms with E-state index in [0.717, 1.165) is 5.56 Å². The SMILES string of the molecule is Cc1ccc(OC(=O)NCc2cc(N(C)C)c3c(c2O)C(=O)C2C(=O)[C@]4(C#N)C(=O)C(C(N)=O)C(=O)[C@@H](N(C)C)[C@]4(N)C[C@]2(N)C3)cc1. The van der Waals surface area contributed by atoms with Gasteiger partial charge in [-0.3, -0.25) is 28.9 Å². The number of benzene rings is 2. The highest BCUT2D eigenvalue weighted by Crippen LogP contribution is 2.57. The Morgan fingerprint density at radius 3 is 2.25 bits per heavy atom. The number of ether oxygens (including phenoxy) is 1. The summed E-state index contributed by atoms with van der Waals surface area (Å²) in [6, 6.07) is 8.47. The molecule has 8 N–H and O–H groups in total. The van der Waals surface area contributed by atoms with E-state index in [-0.39, 0.29) is 35.4 Å². The van der Waals surface area contributed by atoms with Gasteiger partial charge in [0.05, 0.1) is 23.2 Å². The fraction of sp³-hybridized carbons (Fsp3) is 0.424. The van der Waals surface area contributed by atoms with Gasteiger partial charge in [-0.25, -0.2) is 4.79 Å². The zero-order valence-electron chi connectivity index (χ0n) is 27.1. The molecule has 2 aromatic carbocycles. The zero-order valence-corrected chi connectivity index (χ0v) is 27.1. The van der Waals surface area contributed by atoms with Gasteiger partial charge >= 0.3 is 6.09 Å². The number of nitrogens with two attached hydrogens (primary N) is 3. The number of fused-ring (bicyclic) bond motifs is 3. The summed E-state index contributed by atoms with van der Waals surface area (Å²) in [6.07, 6.45) is -1.59. The molecule has 3 aliphatic carbocycles. The van der Waals surface area contributed by atoms with Crippen molar-refractivity contribution in [2.45, 2.75) is 43.4 Å². The van der Waals surface area contributed by atoms with Gasteiger partial charge in [-0.2, -0.15) is 5.26 Å². The fourth-order valence-corrected chi connectivity index (χ4v) is 7.76. The standard InChI is InChI=1S/C33H37N7O8/c1-15-6-8-17(9-7-15)48-30(47)38-12-16-10-19(39(2)3)18-11-31(36)13-33(37)26(40(4)5)25(43)21(29(35)46)27(44)32(33,14-34)28(45)22(31)24(42)20(18)23(16)41/h6-10,21-22,26,41H,11-13,36-37H2,1-5H3,(H2,35,46)(H,38,47)/t21?,22?,26-,31-,32+,33-/m1/s1. The molecule has 2 aromatic rings. The van der Waals surface area contributed by atoms with Gasteiger partial charge in [0.25, 0.3) is 0 Å². The number of rotatable bonds is 6. The Hall–Kier alpha value is -5.17. The molecule has 2 saturated carbocycles. The first-order valence-electron chi connectivity index (χ1n) is 15.0. The van der Waals surface area contributed by atoms with Crippen LogP contribution in [0.15, 0.2) is 30.3 Å². The molecule has 15 heteroatoms. The highest BCUT2D eigenvalue weighted by molar-refractivity contribution is 6.33. The molecule has 2 fully saturated rings. The molecule has 5 rings (SSSR count). The minimum absolute atomic E-state index is 0.100. The summed E-state index contributed by atoms with van der Waals surface area (Å²) in [7, 11) is 6.22. The number of aryl methyl sites for hydroxylation is 1. The van der Waals surface area contributed by atoms with E-state index in [1.807, 2.05) is 6.92 Å². The molecule has 2 unspecified atom stereocenters. The topological polar surface area (TPSA) is 252 Å². The monoisotopic (exact) mass is 659 g/mol. The van der Waals surface area contributed by atoms with Crippen molar-refractivity contribution < 1.29 is 38.6 Å². The third kappa shape index (κ3) is 4.75. The number of nitriles is 1. The second kappa shape index (κ2) is 11.5. The number of phenolic OH excluding ortho intramolecular Hbond substituents is 1. The van der Waals surface area contributed by atoms with Crippen molar-refractivity contribution in [3.05, 3.63) is 52.6 Å².